The Morgan fingerprint density at radius 2 is 1.75 bits per heavy atom. The van der Waals surface area contributed by atoms with Crippen LogP contribution in [0.3, 0.4) is 0 Å². The third kappa shape index (κ3) is 4.66. The molecule has 6 nitrogen and oxygen atoms in total. The molecule has 0 saturated carbocycles. The van der Waals surface area contributed by atoms with Crippen LogP contribution >= 0.6 is 0 Å². The first-order valence-corrected chi connectivity index (χ1v) is 13.5. The number of hydrogen-bond donors (Lipinski definition) is 0. The van der Waals surface area contributed by atoms with Crippen LogP contribution in [-0.2, 0) is 13.1 Å². The summed E-state index contributed by atoms with van der Waals surface area (Å²) in [6.45, 7) is 15.5. The lowest BCUT2D eigenvalue weighted by atomic mass is 9.82. The number of nitrogens with zero attached hydrogens (tertiary/aromatic N) is 6. The predicted octanol–water partition coefficient (Wildman–Crippen LogP) is 5.80. The van der Waals surface area contributed by atoms with Crippen molar-refractivity contribution in [3.8, 4) is 0 Å². The normalized spacial score (nSPS) is 20.2. The van der Waals surface area contributed by atoms with E-state index in [1.165, 1.54) is 62.0 Å². The van der Waals surface area contributed by atoms with Crippen LogP contribution < -0.4 is 4.90 Å². The van der Waals surface area contributed by atoms with Gasteiger partial charge < -0.3 is 14.2 Å². The molecule has 0 N–H and O–H groups in total. The average molecular weight is 483 g/mol. The zero-order valence-corrected chi connectivity index (χ0v) is 21.8. The fourth-order valence-corrected chi connectivity index (χ4v) is 5.82. The summed E-state index contributed by atoms with van der Waals surface area (Å²) in [5, 5.41) is 0. The Morgan fingerprint density at radius 3 is 2.56 bits per heavy atom. The van der Waals surface area contributed by atoms with Crippen molar-refractivity contribution < 1.29 is 0 Å². The molecular formula is C30H38N6. The van der Waals surface area contributed by atoms with E-state index in [4.69, 9.17) is 4.98 Å². The van der Waals surface area contributed by atoms with Gasteiger partial charge in [0, 0.05) is 61.2 Å². The van der Waals surface area contributed by atoms with Crippen LogP contribution in [0.4, 0.5) is 5.69 Å². The summed E-state index contributed by atoms with van der Waals surface area (Å²) >= 11 is 0. The lowest BCUT2D eigenvalue weighted by Crippen LogP contribution is -2.36. The second kappa shape index (κ2) is 9.40. The number of hydrogen-bond acceptors (Lipinski definition) is 5. The zero-order chi connectivity index (χ0) is 24.7. The van der Waals surface area contributed by atoms with E-state index in [1.807, 2.05) is 12.4 Å². The van der Waals surface area contributed by atoms with Gasteiger partial charge in [0.15, 0.2) is 0 Å². The Morgan fingerprint density at radius 1 is 0.944 bits per heavy atom. The average Bonchev–Trinajstić information content (AvgIpc) is 3.29. The van der Waals surface area contributed by atoms with Gasteiger partial charge in [-0.1, -0.05) is 26.5 Å². The molecule has 0 amide bonds. The molecule has 3 aliphatic rings. The minimum atomic E-state index is 0.484. The summed E-state index contributed by atoms with van der Waals surface area (Å²) in [7, 11) is 0. The van der Waals surface area contributed by atoms with Crippen LogP contribution in [0.1, 0.15) is 68.3 Å². The first kappa shape index (κ1) is 23.3. The van der Waals surface area contributed by atoms with Crippen LogP contribution in [0.5, 0.6) is 0 Å². The van der Waals surface area contributed by atoms with Gasteiger partial charge in [-0.25, -0.2) is 4.98 Å². The van der Waals surface area contributed by atoms with Crippen LogP contribution in [0.2, 0.25) is 0 Å². The molecular weight excluding hydrogens is 444 g/mol. The molecule has 36 heavy (non-hydrogen) atoms. The topological polar surface area (TPSA) is 39.9 Å². The summed E-state index contributed by atoms with van der Waals surface area (Å²) < 4.78 is 2.18. The van der Waals surface area contributed by atoms with E-state index in [2.05, 4.69) is 81.3 Å². The molecule has 6 heterocycles. The Labute approximate surface area is 214 Å². The fourth-order valence-electron chi connectivity index (χ4n) is 5.82. The standard InChI is InChI=1S/C30H38N6/c1-23-27-17-31-18-28(34-12-5-4-6-13-34)26(27)9-14-35(23)21-25-22-36-20-24(7-8-29(36)32-25)19-33-15-10-30(2,3)11-16-33/h7-9,14,17-18,20,22H,1,4-6,10-13,15-16,19,21H2,2-3H3. The lowest BCUT2D eigenvalue weighted by molar-refractivity contribution is 0.127. The van der Waals surface area contributed by atoms with E-state index in [9.17, 15) is 0 Å². The quantitative estimate of drug-likeness (QED) is 0.460. The van der Waals surface area contributed by atoms with Gasteiger partial charge in [-0.05, 0) is 68.3 Å². The van der Waals surface area contributed by atoms with Crippen LogP contribution in [0.25, 0.3) is 17.4 Å². The number of fused-ring (bicyclic) bond motifs is 2. The zero-order valence-electron chi connectivity index (χ0n) is 21.8. The predicted molar refractivity (Wildman–Crippen MR) is 147 cm³/mol. The summed E-state index contributed by atoms with van der Waals surface area (Å²) in [5.74, 6) is 0. The molecule has 2 fully saturated rings. The molecule has 3 aliphatic heterocycles. The minimum Gasteiger partial charge on any atom is -0.370 e. The highest BCUT2D eigenvalue weighted by atomic mass is 15.2. The second-order valence-electron chi connectivity index (χ2n) is 11.5. The monoisotopic (exact) mass is 482 g/mol. The summed E-state index contributed by atoms with van der Waals surface area (Å²) in [5.41, 5.74) is 8.46. The van der Waals surface area contributed by atoms with Crippen molar-refractivity contribution in [3.05, 3.63) is 72.1 Å². The molecule has 0 aliphatic carbocycles. The smallest absolute Gasteiger partial charge is 0.137 e. The molecule has 0 spiro atoms. The molecule has 0 atom stereocenters. The molecule has 0 unspecified atom stereocenters. The Kier molecular flexibility index (Phi) is 6.08. The van der Waals surface area contributed by atoms with Crippen LogP contribution in [-0.4, -0.2) is 50.3 Å². The van der Waals surface area contributed by atoms with Gasteiger partial charge in [-0.2, -0.15) is 0 Å². The van der Waals surface area contributed by atoms with Crippen molar-refractivity contribution in [3.63, 3.8) is 0 Å². The maximum Gasteiger partial charge on any atom is 0.137 e. The lowest BCUT2D eigenvalue weighted by Gasteiger charge is -2.36. The summed E-state index contributed by atoms with van der Waals surface area (Å²) in [6.07, 6.45) is 19.2. The number of likely N-dealkylation sites (tertiary alicyclic amines) is 1. The number of imidazole rings is 1. The van der Waals surface area contributed by atoms with Crippen LogP contribution in [0.15, 0.2) is 49.7 Å². The molecule has 3 aromatic rings. The molecule has 6 rings (SSSR count). The minimum absolute atomic E-state index is 0.484. The number of aromatic nitrogens is 3. The van der Waals surface area contributed by atoms with E-state index < -0.39 is 0 Å². The van der Waals surface area contributed by atoms with Crippen LogP contribution in [0, 0.1) is 5.41 Å². The van der Waals surface area contributed by atoms with E-state index in [0.29, 0.717) is 12.0 Å². The molecule has 2 saturated heterocycles. The van der Waals surface area contributed by atoms with Crippen molar-refractivity contribution in [2.75, 3.05) is 31.1 Å². The maximum absolute atomic E-state index is 4.90. The number of rotatable bonds is 5. The van der Waals surface area contributed by atoms with E-state index >= 15 is 0 Å². The van der Waals surface area contributed by atoms with Crippen molar-refractivity contribution in [2.24, 2.45) is 5.41 Å². The fraction of sp³-hybridized carbons (Fsp3) is 0.467. The van der Waals surface area contributed by atoms with Gasteiger partial charge in [0.25, 0.3) is 0 Å². The highest BCUT2D eigenvalue weighted by molar-refractivity contribution is 5.82. The highest BCUT2D eigenvalue weighted by Gasteiger charge is 2.25. The first-order chi connectivity index (χ1) is 17.4. The molecule has 3 aromatic heterocycles. The number of anilines is 1. The first-order valence-electron chi connectivity index (χ1n) is 13.5. The third-order valence-corrected chi connectivity index (χ3v) is 8.25. The van der Waals surface area contributed by atoms with Gasteiger partial charge in [-0.15, -0.1) is 0 Å². The third-order valence-electron chi connectivity index (χ3n) is 8.25. The Bertz CT molecular complexity index is 1290. The maximum atomic E-state index is 4.90. The van der Waals surface area contributed by atoms with Crippen molar-refractivity contribution >= 4 is 23.1 Å². The molecule has 0 bridgehead atoms. The second-order valence-corrected chi connectivity index (χ2v) is 11.5. The van der Waals surface area contributed by atoms with Crippen molar-refractivity contribution in [2.45, 2.75) is 59.0 Å². The molecule has 0 radical (unpaired) electrons. The highest BCUT2D eigenvalue weighted by Crippen LogP contribution is 2.35. The van der Waals surface area contributed by atoms with Gasteiger partial charge in [0.2, 0.25) is 0 Å². The summed E-state index contributed by atoms with van der Waals surface area (Å²) in [6, 6.07) is 4.38. The van der Waals surface area contributed by atoms with Gasteiger partial charge in [-0.3, -0.25) is 9.88 Å². The SMILES string of the molecule is C=C1c2cncc(N3CCCCC3)c2C=CN1Cc1cn2cc(CN3CCC(C)(C)CC3)ccc2n1. The largest absolute Gasteiger partial charge is 0.370 e. The number of piperidine rings is 2. The van der Waals surface area contributed by atoms with E-state index in [-0.39, 0.29) is 0 Å². The van der Waals surface area contributed by atoms with E-state index in [1.54, 1.807) is 0 Å². The summed E-state index contributed by atoms with van der Waals surface area (Å²) in [4.78, 5) is 16.7. The Balaban J connectivity index is 1.16. The van der Waals surface area contributed by atoms with Gasteiger partial charge in [0.05, 0.1) is 24.1 Å². The van der Waals surface area contributed by atoms with Crippen molar-refractivity contribution in [1.82, 2.24) is 24.2 Å². The number of pyridine rings is 2. The van der Waals surface area contributed by atoms with Crippen molar-refractivity contribution in [1.29, 1.82) is 0 Å². The molecule has 188 valence electrons. The molecule has 0 aromatic carbocycles. The molecule has 6 heteroatoms. The van der Waals surface area contributed by atoms with Gasteiger partial charge in [0.1, 0.15) is 5.65 Å². The van der Waals surface area contributed by atoms with Gasteiger partial charge >= 0.3 is 0 Å². The Hall–Kier alpha value is -3.12. The van der Waals surface area contributed by atoms with E-state index in [0.717, 1.165) is 42.2 Å².